The van der Waals surface area contributed by atoms with Crippen molar-refractivity contribution in [3.05, 3.63) is 204 Å². The van der Waals surface area contributed by atoms with Crippen molar-refractivity contribution in [1.29, 1.82) is 0 Å². The molecule has 0 fully saturated rings. The number of aromatic hydroxyl groups is 2. The standard InChI is InChI=1S/C58H47NO2/c1-37-31-41-23-11-15-27-45(41)53(55-47-29-17-13-25-43(47)33-49(57(55)60)39-19-7-5-8-20-39)51(37)35-59(3,4)36-52-38(2)32-42-24-12-16-28-46(42)54(52)56-48-30-18-14-26-44(48)34-50(58(56)61)40-21-9-6-10-22-40/h5-34H,35-36H2,1-4H3,(H-,60,61)/p+1. The Morgan fingerprint density at radius 2 is 0.656 bits per heavy atom. The summed E-state index contributed by atoms with van der Waals surface area (Å²) < 4.78 is 0.618. The molecule has 0 atom stereocenters. The number of benzene rings is 10. The van der Waals surface area contributed by atoms with E-state index in [1.807, 2.05) is 36.4 Å². The lowest BCUT2D eigenvalue weighted by atomic mass is 9.84. The van der Waals surface area contributed by atoms with E-state index >= 15 is 0 Å². The van der Waals surface area contributed by atoms with Crippen LogP contribution in [0.1, 0.15) is 22.3 Å². The van der Waals surface area contributed by atoms with Gasteiger partial charge in [0.25, 0.3) is 0 Å². The Bertz CT molecular complexity index is 3090. The van der Waals surface area contributed by atoms with Crippen molar-refractivity contribution in [2.45, 2.75) is 26.9 Å². The Morgan fingerprint density at radius 1 is 0.361 bits per heavy atom. The zero-order valence-electron chi connectivity index (χ0n) is 35.1. The van der Waals surface area contributed by atoms with Crippen LogP contribution in [-0.4, -0.2) is 28.8 Å². The number of rotatable bonds is 8. The van der Waals surface area contributed by atoms with Crippen LogP contribution in [0.4, 0.5) is 0 Å². The Balaban J connectivity index is 1.20. The van der Waals surface area contributed by atoms with Crippen molar-refractivity contribution in [2.75, 3.05) is 14.1 Å². The van der Waals surface area contributed by atoms with Crippen LogP contribution >= 0.6 is 0 Å². The van der Waals surface area contributed by atoms with E-state index in [2.05, 4.69) is 174 Å². The number of hydrogen-bond donors (Lipinski definition) is 2. The highest BCUT2D eigenvalue weighted by molar-refractivity contribution is 6.13. The van der Waals surface area contributed by atoms with Gasteiger partial charge in [0.2, 0.25) is 0 Å². The predicted molar refractivity (Wildman–Crippen MR) is 257 cm³/mol. The highest BCUT2D eigenvalue weighted by Crippen LogP contribution is 2.50. The maximum atomic E-state index is 12.6. The maximum Gasteiger partial charge on any atom is 0.131 e. The summed E-state index contributed by atoms with van der Waals surface area (Å²) in [4.78, 5) is 0. The molecule has 0 aromatic heterocycles. The van der Waals surface area contributed by atoms with Gasteiger partial charge in [0.05, 0.1) is 14.1 Å². The molecule has 296 valence electrons. The molecular formula is C58H48NO2+. The summed E-state index contributed by atoms with van der Waals surface area (Å²) >= 11 is 0. The largest absolute Gasteiger partial charge is 0.507 e. The van der Waals surface area contributed by atoms with E-state index in [0.717, 1.165) is 87.6 Å². The molecule has 0 aliphatic heterocycles. The van der Waals surface area contributed by atoms with Crippen LogP contribution in [-0.2, 0) is 13.1 Å². The third-order valence-corrected chi connectivity index (χ3v) is 12.6. The molecule has 3 heteroatoms. The average molecular weight is 791 g/mol. The van der Waals surface area contributed by atoms with Crippen LogP contribution in [0.2, 0.25) is 0 Å². The maximum absolute atomic E-state index is 12.6. The van der Waals surface area contributed by atoms with E-state index in [9.17, 15) is 10.2 Å². The first kappa shape index (κ1) is 38.0. The highest BCUT2D eigenvalue weighted by atomic mass is 16.3. The number of phenolic OH excluding ortho intramolecular Hbond substituents is 2. The van der Waals surface area contributed by atoms with Gasteiger partial charge in [0.1, 0.15) is 24.6 Å². The highest BCUT2D eigenvalue weighted by Gasteiger charge is 2.30. The second-order valence-electron chi connectivity index (χ2n) is 17.3. The van der Waals surface area contributed by atoms with E-state index in [0.29, 0.717) is 29.1 Å². The summed E-state index contributed by atoms with van der Waals surface area (Å²) in [6.45, 7) is 5.82. The molecule has 10 aromatic rings. The quantitative estimate of drug-likeness (QED) is 0.151. The fourth-order valence-electron chi connectivity index (χ4n) is 9.81. The van der Waals surface area contributed by atoms with Crippen molar-refractivity contribution in [3.8, 4) is 56.0 Å². The van der Waals surface area contributed by atoms with Crippen LogP contribution in [0.3, 0.4) is 0 Å². The number of phenols is 2. The van der Waals surface area contributed by atoms with Crippen LogP contribution in [0.5, 0.6) is 11.5 Å². The molecular weight excluding hydrogens is 743 g/mol. The third kappa shape index (κ3) is 6.68. The normalized spacial score (nSPS) is 11.9. The van der Waals surface area contributed by atoms with Gasteiger partial charge in [-0.15, -0.1) is 0 Å². The first-order valence-electron chi connectivity index (χ1n) is 21.1. The zero-order valence-corrected chi connectivity index (χ0v) is 35.1. The summed E-state index contributed by atoms with van der Waals surface area (Å²) in [5.41, 5.74) is 12.2. The minimum absolute atomic E-state index is 0.292. The summed E-state index contributed by atoms with van der Waals surface area (Å²) in [7, 11) is 4.63. The SMILES string of the molecule is Cc1cc2ccccc2c(-c2c(O)c(-c3ccccc3)cc3ccccc23)c1C[N+](C)(C)Cc1c(C)cc2ccccc2c1-c1c(O)c(-c2ccccc2)cc2ccccc12. The fourth-order valence-corrected chi connectivity index (χ4v) is 9.81. The summed E-state index contributed by atoms with van der Waals surface area (Å²) in [5, 5.41) is 33.9. The van der Waals surface area contributed by atoms with Crippen LogP contribution < -0.4 is 0 Å². The molecule has 0 saturated carbocycles. The van der Waals surface area contributed by atoms with E-state index in [-0.39, 0.29) is 0 Å². The van der Waals surface area contributed by atoms with E-state index in [1.54, 1.807) is 0 Å². The Hall–Kier alpha value is -7.20. The predicted octanol–water partition coefficient (Wildman–Crippen LogP) is 14.8. The van der Waals surface area contributed by atoms with Crippen molar-refractivity contribution >= 4 is 43.1 Å². The molecule has 0 amide bonds. The van der Waals surface area contributed by atoms with Gasteiger partial charge in [-0.2, -0.15) is 0 Å². The molecule has 0 saturated heterocycles. The Labute approximate surface area is 357 Å². The molecule has 0 heterocycles. The molecule has 3 nitrogen and oxygen atoms in total. The molecule has 0 radical (unpaired) electrons. The number of hydrogen-bond acceptors (Lipinski definition) is 2. The van der Waals surface area contributed by atoms with Crippen molar-refractivity contribution in [1.82, 2.24) is 0 Å². The lowest BCUT2D eigenvalue weighted by Crippen LogP contribution is -2.38. The first-order valence-corrected chi connectivity index (χ1v) is 21.1. The van der Waals surface area contributed by atoms with Gasteiger partial charge in [-0.25, -0.2) is 0 Å². The first-order chi connectivity index (χ1) is 29.7. The summed E-state index contributed by atoms with van der Waals surface area (Å²) in [5.74, 6) is 0.584. The van der Waals surface area contributed by atoms with Crippen LogP contribution in [0, 0.1) is 13.8 Å². The lowest BCUT2D eigenvalue weighted by Gasteiger charge is -2.34. The molecule has 61 heavy (non-hydrogen) atoms. The average Bonchev–Trinajstić information content (AvgIpc) is 3.28. The minimum atomic E-state index is 0.292. The smallest absolute Gasteiger partial charge is 0.131 e. The molecule has 0 unspecified atom stereocenters. The van der Waals surface area contributed by atoms with Crippen molar-refractivity contribution in [3.63, 3.8) is 0 Å². The number of aryl methyl sites for hydroxylation is 2. The third-order valence-electron chi connectivity index (χ3n) is 12.6. The summed E-state index contributed by atoms with van der Waals surface area (Å²) in [6, 6.07) is 63.4. The van der Waals surface area contributed by atoms with Crippen molar-refractivity contribution < 1.29 is 14.7 Å². The van der Waals surface area contributed by atoms with Gasteiger partial charge in [0, 0.05) is 44.5 Å². The molecule has 10 rings (SSSR count). The van der Waals surface area contributed by atoms with Crippen LogP contribution in [0.25, 0.3) is 87.6 Å². The lowest BCUT2D eigenvalue weighted by molar-refractivity contribution is -0.916. The molecule has 10 aromatic carbocycles. The molecule has 0 spiro atoms. The van der Waals surface area contributed by atoms with Crippen molar-refractivity contribution in [2.24, 2.45) is 0 Å². The minimum Gasteiger partial charge on any atom is -0.507 e. The van der Waals surface area contributed by atoms with Gasteiger partial charge >= 0.3 is 0 Å². The van der Waals surface area contributed by atoms with Gasteiger partial charge < -0.3 is 14.7 Å². The number of nitrogens with zero attached hydrogens (tertiary/aromatic N) is 1. The van der Waals surface area contributed by atoms with Gasteiger partial charge in [0.15, 0.2) is 0 Å². The molecule has 0 aliphatic carbocycles. The van der Waals surface area contributed by atoms with Crippen LogP contribution in [0.15, 0.2) is 182 Å². The van der Waals surface area contributed by atoms with Gasteiger partial charge in [-0.3, -0.25) is 0 Å². The zero-order chi connectivity index (χ0) is 41.8. The monoisotopic (exact) mass is 790 g/mol. The van der Waals surface area contributed by atoms with Gasteiger partial charge in [-0.05, 0) is 91.3 Å². The number of fused-ring (bicyclic) bond motifs is 4. The van der Waals surface area contributed by atoms with E-state index in [1.165, 1.54) is 22.3 Å². The summed E-state index contributed by atoms with van der Waals surface area (Å²) in [6.07, 6.45) is 0. The molecule has 0 aliphatic rings. The van der Waals surface area contributed by atoms with E-state index < -0.39 is 0 Å². The number of quaternary nitrogens is 1. The second kappa shape index (κ2) is 15.1. The second-order valence-corrected chi connectivity index (χ2v) is 17.3. The molecule has 2 N–H and O–H groups in total. The Kier molecular flexibility index (Phi) is 9.43. The van der Waals surface area contributed by atoms with E-state index in [4.69, 9.17) is 0 Å². The van der Waals surface area contributed by atoms with Gasteiger partial charge in [-0.1, -0.05) is 170 Å². The molecule has 0 bridgehead atoms. The Morgan fingerprint density at radius 3 is 1.02 bits per heavy atom. The fraction of sp³-hybridized carbons (Fsp3) is 0.103. The topological polar surface area (TPSA) is 40.5 Å².